The number of amidine groups is 1. The average Bonchev–Trinajstić information content (AvgIpc) is 2.78. The molecular weight excluding hydrogens is 290 g/mol. The van der Waals surface area contributed by atoms with Crippen LogP contribution in [0.15, 0.2) is 45.9 Å². The maximum atomic E-state index is 11.5. The maximum absolute atomic E-state index is 11.5. The van der Waals surface area contributed by atoms with Crippen molar-refractivity contribution < 1.29 is 14.7 Å². The van der Waals surface area contributed by atoms with Crippen LogP contribution in [0, 0.1) is 0 Å². The highest BCUT2D eigenvalue weighted by atomic mass is 32.2. The minimum Gasteiger partial charge on any atom is -0.477 e. The van der Waals surface area contributed by atoms with Gasteiger partial charge in [-0.3, -0.25) is 14.7 Å². The van der Waals surface area contributed by atoms with E-state index in [2.05, 4.69) is 4.99 Å². The first-order valence-corrected chi connectivity index (χ1v) is 7.26. The van der Waals surface area contributed by atoms with Crippen LogP contribution in [0.4, 0.5) is 0 Å². The van der Waals surface area contributed by atoms with Crippen LogP contribution in [0.3, 0.4) is 0 Å². The highest BCUT2D eigenvalue weighted by molar-refractivity contribution is 8.04. The Bertz CT molecular complexity index is 669. The van der Waals surface area contributed by atoms with Crippen molar-refractivity contribution in [3.05, 3.63) is 46.5 Å². The summed E-state index contributed by atoms with van der Waals surface area (Å²) in [5, 5.41) is 9.17. The fourth-order valence-electron chi connectivity index (χ4n) is 2.30. The molecule has 0 radical (unpaired) electrons. The van der Waals surface area contributed by atoms with Gasteiger partial charge in [-0.05, 0) is 0 Å². The summed E-state index contributed by atoms with van der Waals surface area (Å²) in [6.07, 6.45) is 0.378. The van der Waals surface area contributed by atoms with E-state index >= 15 is 0 Å². The van der Waals surface area contributed by atoms with E-state index in [0.717, 1.165) is 5.56 Å². The van der Waals surface area contributed by atoms with Gasteiger partial charge in [-0.2, -0.15) is 0 Å². The SMILES string of the molecule is NC(=NCC1=C(C(=O)O)N2C(=O)C[C@H]2S1)c1ccccc1. The number of β-lactam (4-membered cyclic amide) rings is 1. The summed E-state index contributed by atoms with van der Waals surface area (Å²) in [6, 6.07) is 9.27. The number of nitrogens with two attached hydrogens (primary N) is 1. The first-order chi connectivity index (χ1) is 10.1. The van der Waals surface area contributed by atoms with Crippen LogP contribution in [-0.4, -0.2) is 39.6 Å². The molecule has 3 rings (SSSR count). The molecule has 7 heteroatoms. The van der Waals surface area contributed by atoms with Gasteiger partial charge in [0, 0.05) is 10.5 Å². The molecule has 21 heavy (non-hydrogen) atoms. The molecule has 0 spiro atoms. The summed E-state index contributed by atoms with van der Waals surface area (Å²) in [5.74, 6) is -0.893. The predicted octanol–water partition coefficient (Wildman–Crippen LogP) is 0.993. The Morgan fingerprint density at radius 3 is 2.76 bits per heavy atom. The lowest BCUT2D eigenvalue weighted by Gasteiger charge is -2.33. The number of fused-ring (bicyclic) bond motifs is 1. The Labute approximate surface area is 125 Å². The maximum Gasteiger partial charge on any atom is 0.353 e. The third kappa shape index (κ3) is 2.40. The van der Waals surface area contributed by atoms with Crippen molar-refractivity contribution in [3.63, 3.8) is 0 Å². The first-order valence-electron chi connectivity index (χ1n) is 6.38. The summed E-state index contributed by atoms with van der Waals surface area (Å²) in [4.78, 5) is 29.0. The number of nitrogens with zero attached hydrogens (tertiary/aromatic N) is 2. The summed E-state index contributed by atoms with van der Waals surface area (Å²) in [7, 11) is 0. The third-order valence-electron chi connectivity index (χ3n) is 3.35. The fourth-order valence-corrected chi connectivity index (χ4v) is 3.62. The largest absolute Gasteiger partial charge is 0.477 e. The molecule has 0 aromatic heterocycles. The molecule has 2 aliphatic heterocycles. The lowest BCUT2D eigenvalue weighted by Crippen LogP contribution is -2.48. The normalized spacial score (nSPS) is 21.3. The van der Waals surface area contributed by atoms with E-state index in [1.807, 2.05) is 30.3 Å². The number of carboxylic acid groups (broad SMARTS) is 1. The molecule has 1 atom stereocenters. The smallest absolute Gasteiger partial charge is 0.353 e. The van der Waals surface area contributed by atoms with Crippen molar-refractivity contribution in [1.29, 1.82) is 0 Å². The monoisotopic (exact) mass is 303 g/mol. The standard InChI is InChI=1S/C14H13N3O3S/c15-13(8-4-2-1-3-5-8)16-7-9-12(14(19)20)17-10(18)6-11(17)21-9/h1-5,11H,6-7H2,(H2,15,16)(H,19,20)/t11-/m1/s1. The number of hydrogen-bond donors (Lipinski definition) is 2. The Morgan fingerprint density at radius 1 is 1.43 bits per heavy atom. The van der Waals surface area contributed by atoms with Gasteiger partial charge in [-0.25, -0.2) is 4.79 Å². The van der Waals surface area contributed by atoms with Crippen LogP contribution < -0.4 is 5.73 Å². The molecule has 1 fully saturated rings. The van der Waals surface area contributed by atoms with Gasteiger partial charge in [0.15, 0.2) is 0 Å². The van der Waals surface area contributed by atoms with E-state index in [-0.39, 0.29) is 23.5 Å². The van der Waals surface area contributed by atoms with Crippen LogP contribution in [0.2, 0.25) is 0 Å². The van der Waals surface area contributed by atoms with Gasteiger partial charge in [-0.15, -0.1) is 11.8 Å². The lowest BCUT2D eigenvalue weighted by atomic mass is 10.1. The second-order valence-corrected chi connectivity index (χ2v) is 5.96. The number of hydrogen-bond acceptors (Lipinski definition) is 4. The zero-order valence-electron chi connectivity index (χ0n) is 11.0. The number of thioether (sulfide) groups is 1. The molecule has 108 valence electrons. The van der Waals surface area contributed by atoms with E-state index in [9.17, 15) is 14.7 Å². The minimum atomic E-state index is -1.10. The number of aliphatic carboxylic acids is 1. The van der Waals surface area contributed by atoms with Crippen molar-refractivity contribution in [3.8, 4) is 0 Å². The summed E-state index contributed by atoms with van der Waals surface area (Å²) >= 11 is 1.38. The van der Waals surface area contributed by atoms with Crippen LogP contribution in [-0.2, 0) is 9.59 Å². The zero-order chi connectivity index (χ0) is 15.0. The van der Waals surface area contributed by atoms with E-state index in [0.29, 0.717) is 17.2 Å². The Balaban J connectivity index is 1.82. The number of carbonyl (C=O) groups is 2. The second-order valence-electron chi connectivity index (χ2n) is 4.68. The predicted molar refractivity (Wildman–Crippen MR) is 79.5 cm³/mol. The van der Waals surface area contributed by atoms with Crippen molar-refractivity contribution >= 4 is 29.5 Å². The van der Waals surface area contributed by atoms with Crippen molar-refractivity contribution in [2.75, 3.05) is 6.54 Å². The van der Waals surface area contributed by atoms with Crippen molar-refractivity contribution in [2.45, 2.75) is 11.8 Å². The third-order valence-corrected chi connectivity index (χ3v) is 4.61. The molecule has 1 amide bonds. The highest BCUT2D eigenvalue weighted by Crippen LogP contribution is 2.46. The molecule has 0 aliphatic carbocycles. The number of carboxylic acids is 1. The molecule has 0 unspecified atom stereocenters. The van der Waals surface area contributed by atoms with Gasteiger partial charge in [0.05, 0.1) is 18.3 Å². The minimum absolute atomic E-state index is 0.0471. The van der Waals surface area contributed by atoms with Gasteiger partial charge >= 0.3 is 5.97 Å². The van der Waals surface area contributed by atoms with Crippen molar-refractivity contribution in [1.82, 2.24) is 4.90 Å². The van der Waals surface area contributed by atoms with Gasteiger partial charge < -0.3 is 10.8 Å². The van der Waals surface area contributed by atoms with Crippen LogP contribution >= 0.6 is 11.8 Å². The Morgan fingerprint density at radius 2 is 2.14 bits per heavy atom. The van der Waals surface area contributed by atoms with E-state index < -0.39 is 5.97 Å². The second kappa shape index (κ2) is 5.25. The van der Waals surface area contributed by atoms with Crippen LogP contribution in [0.5, 0.6) is 0 Å². The zero-order valence-corrected chi connectivity index (χ0v) is 11.8. The molecule has 3 N–H and O–H groups in total. The molecule has 6 nitrogen and oxygen atoms in total. The first kappa shape index (κ1) is 13.7. The number of aliphatic imine (C=N–C) groups is 1. The molecule has 0 bridgehead atoms. The van der Waals surface area contributed by atoms with E-state index in [1.54, 1.807) is 0 Å². The fraction of sp³-hybridized carbons (Fsp3) is 0.214. The van der Waals surface area contributed by atoms with Gasteiger partial charge in [0.2, 0.25) is 5.91 Å². The Kier molecular flexibility index (Phi) is 3.42. The molecule has 2 aliphatic rings. The topological polar surface area (TPSA) is 96.0 Å². The number of rotatable bonds is 4. The quantitative estimate of drug-likeness (QED) is 0.491. The lowest BCUT2D eigenvalue weighted by molar-refractivity contribution is -0.145. The average molecular weight is 303 g/mol. The van der Waals surface area contributed by atoms with Crippen molar-refractivity contribution in [2.24, 2.45) is 10.7 Å². The molecular formula is C14H13N3O3S. The van der Waals surface area contributed by atoms with E-state index in [4.69, 9.17) is 5.73 Å². The number of carbonyl (C=O) groups excluding carboxylic acids is 1. The molecule has 0 saturated carbocycles. The number of benzene rings is 1. The van der Waals surface area contributed by atoms with Gasteiger partial charge in [-0.1, -0.05) is 30.3 Å². The summed E-state index contributed by atoms with van der Waals surface area (Å²) in [5.41, 5.74) is 6.73. The molecule has 1 aromatic carbocycles. The number of amides is 1. The summed E-state index contributed by atoms with van der Waals surface area (Å²) < 4.78 is 0. The van der Waals surface area contributed by atoms with Gasteiger partial charge in [0.25, 0.3) is 0 Å². The molecule has 1 aromatic rings. The highest BCUT2D eigenvalue weighted by Gasteiger charge is 2.48. The summed E-state index contributed by atoms with van der Waals surface area (Å²) in [6.45, 7) is 0.174. The van der Waals surface area contributed by atoms with E-state index in [1.165, 1.54) is 16.7 Å². The van der Waals surface area contributed by atoms with Crippen LogP contribution in [0.1, 0.15) is 12.0 Å². The Hall–Kier alpha value is -2.28. The van der Waals surface area contributed by atoms with Gasteiger partial charge in [0.1, 0.15) is 11.5 Å². The van der Waals surface area contributed by atoms with Crippen LogP contribution in [0.25, 0.3) is 0 Å². The molecule has 1 saturated heterocycles. The molecule has 2 heterocycles.